The molecule has 0 aliphatic carbocycles. The maximum absolute atomic E-state index is 13.6. The Morgan fingerprint density at radius 2 is 2.13 bits per heavy atom. The van der Waals surface area contributed by atoms with Crippen LogP contribution < -0.4 is 4.90 Å². The fourth-order valence-corrected chi connectivity index (χ4v) is 5.01. The summed E-state index contributed by atoms with van der Waals surface area (Å²) in [6.45, 7) is 3.07. The van der Waals surface area contributed by atoms with Gasteiger partial charge in [-0.25, -0.2) is 14.4 Å². The molecule has 2 aliphatic rings. The van der Waals surface area contributed by atoms with Gasteiger partial charge in [0.25, 0.3) is 0 Å². The molecule has 0 amide bonds. The molecule has 1 saturated heterocycles. The molecule has 3 aromatic heterocycles. The predicted molar refractivity (Wildman–Crippen MR) is 113 cm³/mol. The van der Waals surface area contributed by atoms with Gasteiger partial charge >= 0.3 is 0 Å². The second-order valence-electron chi connectivity index (χ2n) is 7.79. The maximum Gasteiger partial charge on any atom is 0.237 e. The van der Waals surface area contributed by atoms with Gasteiger partial charge in [-0.15, -0.1) is 10.2 Å². The first-order chi connectivity index (χ1) is 15.1. The number of benzene rings is 1. The normalized spacial score (nSPS) is 19.3. The molecule has 0 saturated carbocycles. The second kappa shape index (κ2) is 6.58. The number of fused-ring (bicyclic) bond motifs is 6. The van der Waals surface area contributed by atoms with Crippen LogP contribution >= 0.6 is 11.6 Å². The van der Waals surface area contributed by atoms with E-state index in [1.54, 1.807) is 41.6 Å². The van der Waals surface area contributed by atoms with E-state index in [0.717, 1.165) is 43.1 Å². The summed E-state index contributed by atoms with van der Waals surface area (Å²) >= 11 is 5.99. The Kier molecular flexibility index (Phi) is 3.92. The Balaban J connectivity index is 1.51. The minimum absolute atomic E-state index is 0.0448. The largest absolute Gasteiger partial charge is 0.342 e. The predicted octanol–water partition coefficient (Wildman–Crippen LogP) is 3.92. The number of rotatable bonds is 3. The lowest BCUT2D eigenvalue weighted by atomic mass is 9.90. The molecule has 8 nitrogen and oxygen atoms in total. The molecule has 156 valence electrons. The van der Waals surface area contributed by atoms with E-state index in [9.17, 15) is 4.39 Å². The Hall–Kier alpha value is -3.33. The first-order valence-corrected chi connectivity index (χ1v) is 10.5. The molecule has 10 heteroatoms. The highest BCUT2D eigenvalue weighted by Crippen LogP contribution is 2.48. The summed E-state index contributed by atoms with van der Waals surface area (Å²) in [5.41, 5.74) is 1.33. The van der Waals surface area contributed by atoms with Gasteiger partial charge in [-0.3, -0.25) is 9.13 Å². The van der Waals surface area contributed by atoms with Crippen LogP contribution in [0.5, 0.6) is 0 Å². The molecule has 1 atom stereocenters. The summed E-state index contributed by atoms with van der Waals surface area (Å²) in [5.74, 6) is 2.41. The average Bonchev–Trinajstić information content (AvgIpc) is 3.54. The van der Waals surface area contributed by atoms with E-state index < -0.39 is 5.82 Å². The number of halogens is 2. The maximum atomic E-state index is 13.6. The molecule has 1 fully saturated rings. The third-order valence-corrected chi connectivity index (χ3v) is 6.61. The summed E-state index contributed by atoms with van der Waals surface area (Å²) in [6, 6.07) is 4.53. The van der Waals surface area contributed by atoms with Crippen molar-refractivity contribution in [3.8, 4) is 23.0 Å². The van der Waals surface area contributed by atoms with Gasteiger partial charge in [0.05, 0.1) is 11.2 Å². The van der Waals surface area contributed by atoms with E-state index in [0.29, 0.717) is 17.3 Å². The molecule has 4 aromatic rings. The Labute approximate surface area is 182 Å². The summed E-state index contributed by atoms with van der Waals surface area (Å²) < 4.78 is 17.4. The molecular weight excluding hydrogens is 419 g/mol. The van der Waals surface area contributed by atoms with Crippen molar-refractivity contribution in [3.05, 3.63) is 59.8 Å². The number of nitrogens with zero attached hydrogens (tertiary/aromatic N) is 8. The Bertz CT molecular complexity index is 1310. The molecular formula is C21H18ClFN8. The van der Waals surface area contributed by atoms with Crippen LogP contribution in [0.2, 0.25) is 5.02 Å². The fraction of sp³-hybridized carbons (Fsp3) is 0.286. The number of hydrogen-bond donors (Lipinski definition) is 0. The van der Waals surface area contributed by atoms with E-state index in [-0.39, 0.29) is 10.6 Å². The smallest absolute Gasteiger partial charge is 0.237 e. The highest BCUT2D eigenvalue weighted by molar-refractivity contribution is 6.31. The van der Waals surface area contributed by atoms with Gasteiger partial charge in [-0.2, -0.15) is 4.98 Å². The zero-order valence-electron chi connectivity index (χ0n) is 16.7. The van der Waals surface area contributed by atoms with Crippen molar-refractivity contribution in [3.63, 3.8) is 0 Å². The summed E-state index contributed by atoms with van der Waals surface area (Å²) in [7, 11) is 0. The first-order valence-electron chi connectivity index (χ1n) is 10.2. The molecule has 0 radical (unpaired) electrons. The van der Waals surface area contributed by atoms with Gasteiger partial charge in [0.15, 0.2) is 11.6 Å². The van der Waals surface area contributed by atoms with Crippen LogP contribution in [-0.2, 0) is 5.54 Å². The number of imidazole rings is 1. The van der Waals surface area contributed by atoms with Gasteiger partial charge < -0.3 is 4.90 Å². The summed E-state index contributed by atoms with van der Waals surface area (Å²) in [6.07, 6.45) is 9.96. The van der Waals surface area contributed by atoms with Gasteiger partial charge in [-0.05, 0) is 37.5 Å². The first kappa shape index (κ1) is 18.4. The van der Waals surface area contributed by atoms with Crippen molar-refractivity contribution in [1.82, 2.24) is 34.3 Å². The molecule has 1 aromatic carbocycles. The van der Waals surface area contributed by atoms with Crippen molar-refractivity contribution in [2.24, 2.45) is 0 Å². The van der Waals surface area contributed by atoms with Crippen molar-refractivity contribution < 1.29 is 4.39 Å². The minimum atomic E-state index is -0.469. The van der Waals surface area contributed by atoms with Crippen molar-refractivity contribution in [2.75, 3.05) is 11.4 Å². The minimum Gasteiger partial charge on any atom is -0.342 e. The van der Waals surface area contributed by atoms with Crippen LogP contribution in [0.25, 0.3) is 23.0 Å². The van der Waals surface area contributed by atoms with E-state index in [1.807, 2.05) is 4.57 Å². The molecule has 0 N–H and O–H groups in total. The molecule has 6 rings (SSSR count). The zero-order valence-corrected chi connectivity index (χ0v) is 17.5. The van der Waals surface area contributed by atoms with E-state index in [4.69, 9.17) is 16.6 Å². The monoisotopic (exact) mass is 436 g/mol. The van der Waals surface area contributed by atoms with Crippen LogP contribution in [0.3, 0.4) is 0 Å². The van der Waals surface area contributed by atoms with Crippen molar-refractivity contribution in [1.29, 1.82) is 0 Å². The van der Waals surface area contributed by atoms with E-state index >= 15 is 0 Å². The highest BCUT2D eigenvalue weighted by Gasteiger charge is 2.49. The molecule has 0 bridgehead atoms. The zero-order chi connectivity index (χ0) is 21.2. The molecule has 0 unspecified atom stereocenters. The lowest BCUT2D eigenvalue weighted by Gasteiger charge is -2.42. The van der Waals surface area contributed by atoms with E-state index in [2.05, 4.69) is 32.0 Å². The number of anilines is 1. The highest BCUT2D eigenvalue weighted by atomic mass is 35.5. The van der Waals surface area contributed by atoms with Crippen LogP contribution in [0.4, 0.5) is 10.2 Å². The SMILES string of the molecule is CC[C@@]12CCCN1c1nc(-n3ccnc3-c3ccc(F)c(Cl)c3)ncc1-n1cnnc12. The lowest BCUT2D eigenvalue weighted by Crippen LogP contribution is -2.46. The van der Waals surface area contributed by atoms with Crippen LogP contribution in [0, 0.1) is 5.82 Å². The number of aromatic nitrogens is 7. The molecule has 31 heavy (non-hydrogen) atoms. The second-order valence-corrected chi connectivity index (χ2v) is 8.20. The molecule has 2 aliphatic heterocycles. The van der Waals surface area contributed by atoms with Crippen molar-refractivity contribution >= 4 is 17.4 Å². The molecule has 5 heterocycles. The lowest BCUT2D eigenvalue weighted by molar-refractivity contribution is 0.382. The average molecular weight is 437 g/mol. The summed E-state index contributed by atoms with van der Waals surface area (Å²) in [4.78, 5) is 16.3. The standard InChI is InChI=1S/C21H18ClFN8/c1-2-21-6-3-8-31(21)18-16(30-12-26-28-19(21)30)11-25-20(27-18)29-9-7-24-17(29)13-4-5-15(23)14(22)10-13/h4-5,7,9-12H,2-3,6,8H2,1H3/t21-/m0/s1. The topological polar surface area (TPSA) is 77.5 Å². The quantitative estimate of drug-likeness (QED) is 0.484. The third-order valence-electron chi connectivity index (χ3n) is 6.32. The van der Waals surface area contributed by atoms with Crippen LogP contribution in [0.15, 0.2) is 43.1 Å². The summed E-state index contributed by atoms with van der Waals surface area (Å²) in [5, 5.41) is 8.65. The number of hydrogen-bond acceptors (Lipinski definition) is 6. The van der Waals surface area contributed by atoms with E-state index in [1.165, 1.54) is 6.07 Å². The van der Waals surface area contributed by atoms with Gasteiger partial charge in [0.2, 0.25) is 5.95 Å². The fourth-order valence-electron chi connectivity index (χ4n) is 4.83. The van der Waals surface area contributed by atoms with Gasteiger partial charge in [0, 0.05) is 24.5 Å². The van der Waals surface area contributed by atoms with Gasteiger partial charge in [0.1, 0.15) is 29.2 Å². The third kappa shape index (κ3) is 2.49. The Morgan fingerprint density at radius 3 is 2.97 bits per heavy atom. The molecule has 0 spiro atoms. The Morgan fingerprint density at radius 1 is 1.23 bits per heavy atom. The van der Waals surface area contributed by atoms with Gasteiger partial charge in [-0.1, -0.05) is 18.5 Å². The van der Waals surface area contributed by atoms with Crippen LogP contribution in [-0.4, -0.2) is 40.8 Å². The van der Waals surface area contributed by atoms with Crippen molar-refractivity contribution in [2.45, 2.75) is 31.7 Å². The van der Waals surface area contributed by atoms with Crippen LogP contribution in [0.1, 0.15) is 32.0 Å².